The monoisotopic (exact) mass is 250 g/mol. The molecule has 1 N–H and O–H groups in total. The number of Topliss-reactive ketones (excluding diaryl/α,β-unsaturated/α-hetero) is 1. The first-order valence-electron chi connectivity index (χ1n) is 4.74. The molecule has 0 unspecified atom stereocenters. The van der Waals surface area contributed by atoms with E-state index in [1.807, 2.05) is 0 Å². The number of carbonyl (C=O) groups is 3. The zero-order valence-electron chi connectivity index (χ0n) is 8.78. The third-order valence-corrected chi connectivity index (χ3v) is 2.38. The number of amides is 1. The molecule has 0 aromatic carbocycles. The fourth-order valence-corrected chi connectivity index (χ4v) is 1.64. The number of hydrogen-bond acceptors (Lipinski definition) is 4. The minimum absolute atomic E-state index is 0.0336. The fourth-order valence-electron chi connectivity index (χ4n) is 1.49. The summed E-state index contributed by atoms with van der Waals surface area (Å²) >= 11 is 5.66. The van der Waals surface area contributed by atoms with Crippen LogP contribution in [-0.2, 0) is 4.79 Å². The lowest BCUT2D eigenvalue weighted by molar-refractivity contribution is -0.118. The molecule has 17 heavy (non-hydrogen) atoms. The summed E-state index contributed by atoms with van der Waals surface area (Å²) in [4.78, 5) is 38.3. The molecule has 1 aromatic rings. The van der Waals surface area contributed by atoms with Gasteiger partial charge in [-0.15, -0.1) is 0 Å². The third-order valence-electron chi connectivity index (χ3n) is 2.17. The Kier molecular flexibility index (Phi) is 2.77. The van der Waals surface area contributed by atoms with Crippen LogP contribution < -0.4 is 5.32 Å². The quantitative estimate of drug-likeness (QED) is 0.758. The number of hydrogen-bond donors (Lipinski definition) is 1. The van der Waals surface area contributed by atoms with Crippen molar-refractivity contribution in [1.29, 1.82) is 0 Å². The number of fused-ring (bicyclic) bond motifs is 1. The molecule has 0 spiro atoms. The molecule has 1 aromatic heterocycles. The predicted octanol–water partition coefficient (Wildman–Crippen LogP) is 1.13. The first-order valence-corrected chi connectivity index (χ1v) is 5.11. The molecule has 1 aliphatic carbocycles. The topological polar surface area (TPSA) is 76.1 Å². The van der Waals surface area contributed by atoms with E-state index in [0.717, 1.165) is 6.08 Å². The number of nitrogens with one attached hydrogen (secondary N) is 1. The molecule has 5 nitrogen and oxygen atoms in total. The van der Waals surface area contributed by atoms with E-state index in [1.54, 1.807) is 0 Å². The second-order valence-corrected chi connectivity index (χ2v) is 3.85. The van der Waals surface area contributed by atoms with E-state index < -0.39 is 11.7 Å². The molecule has 6 heteroatoms. The van der Waals surface area contributed by atoms with Crippen molar-refractivity contribution in [3.63, 3.8) is 0 Å². The molecule has 86 valence electrons. The van der Waals surface area contributed by atoms with Crippen molar-refractivity contribution in [3.05, 3.63) is 40.3 Å². The van der Waals surface area contributed by atoms with Gasteiger partial charge in [0.05, 0.1) is 11.3 Å². The Bertz CT molecular complexity index is 578. The lowest BCUT2D eigenvalue weighted by atomic mass is 9.97. The van der Waals surface area contributed by atoms with Gasteiger partial charge < -0.3 is 5.32 Å². The summed E-state index contributed by atoms with van der Waals surface area (Å²) in [7, 11) is 0. The van der Waals surface area contributed by atoms with Gasteiger partial charge in [-0.1, -0.05) is 11.6 Å². The number of pyridine rings is 1. The van der Waals surface area contributed by atoms with Gasteiger partial charge in [0, 0.05) is 13.0 Å². The average Bonchev–Trinajstić information content (AvgIpc) is 2.24. The predicted molar refractivity (Wildman–Crippen MR) is 59.8 cm³/mol. The largest absolute Gasteiger partial charge is 0.323 e. The number of carbonyl (C=O) groups excluding carboxylic acids is 3. The average molecular weight is 251 g/mol. The van der Waals surface area contributed by atoms with Crippen molar-refractivity contribution in [2.24, 2.45) is 0 Å². The number of aromatic nitrogens is 1. The van der Waals surface area contributed by atoms with E-state index in [9.17, 15) is 14.4 Å². The van der Waals surface area contributed by atoms with Gasteiger partial charge in [0.1, 0.15) is 10.8 Å². The summed E-state index contributed by atoms with van der Waals surface area (Å²) in [5, 5.41) is 2.41. The maximum Gasteiger partial charge on any atom is 0.228 e. The van der Waals surface area contributed by atoms with Crippen LogP contribution in [0.3, 0.4) is 0 Å². The van der Waals surface area contributed by atoms with Gasteiger partial charge in [-0.3, -0.25) is 14.4 Å². The lowest BCUT2D eigenvalue weighted by Gasteiger charge is -2.14. The second kappa shape index (κ2) is 4.10. The first kappa shape index (κ1) is 11.5. The standard InChI is InChI=1S/C11H7ClN2O3/c1-5(15)13-7-4-8(16)6-2-3-9(12)14-10(6)11(7)17/h2-4H,1H3,(H,13,15). The maximum absolute atomic E-state index is 11.9. The van der Waals surface area contributed by atoms with E-state index >= 15 is 0 Å². The Morgan fingerprint density at radius 3 is 2.71 bits per heavy atom. The molecule has 0 atom stereocenters. The number of nitrogens with zero attached hydrogens (tertiary/aromatic N) is 1. The van der Waals surface area contributed by atoms with E-state index in [2.05, 4.69) is 10.3 Å². The van der Waals surface area contributed by atoms with Gasteiger partial charge in [0.2, 0.25) is 11.7 Å². The fraction of sp³-hybridized carbons (Fsp3) is 0.0909. The summed E-state index contributed by atoms with van der Waals surface area (Å²) in [6.45, 7) is 1.25. The van der Waals surface area contributed by atoms with Crippen molar-refractivity contribution in [1.82, 2.24) is 10.3 Å². The van der Waals surface area contributed by atoms with Crippen molar-refractivity contribution < 1.29 is 14.4 Å². The Morgan fingerprint density at radius 2 is 2.06 bits per heavy atom. The second-order valence-electron chi connectivity index (χ2n) is 3.46. The minimum Gasteiger partial charge on any atom is -0.323 e. The van der Waals surface area contributed by atoms with Crippen LogP contribution in [0.25, 0.3) is 0 Å². The van der Waals surface area contributed by atoms with Gasteiger partial charge in [-0.2, -0.15) is 0 Å². The molecule has 0 fully saturated rings. The van der Waals surface area contributed by atoms with Crippen LogP contribution in [0.4, 0.5) is 0 Å². The van der Waals surface area contributed by atoms with Crippen LogP contribution in [0, 0.1) is 0 Å². The van der Waals surface area contributed by atoms with Crippen LogP contribution in [-0.4, -0.2) is 22.5 Å². The molecule has 0 saturated heterocycles. The Hall–Kier alpha value is -2.01. The smallest absolute Gasteiger partial charge is 0.228 e. The molecule has 0 radical (unpaired) electrons. The highest BCUT2D eigenvalue weighted by Crippen LogP contribution is 2.20. The number of allylic oxidation sites excluding steroid dienone is 2. The van der Waals surface area contributed by atoms with Gasteiger partial charge in [0.25, 0.3) is 0 Å². The molecule has 1 amide bonds. The van der Waals surface area contributed by atoms with Gasteiger partial charge in [-0.05, 0) is 12.1 Å². The highest BCUT2D eigenvalue weighted by molar-refractivity contribution is 6.30. The van der Waals surface area contributed by atoms with Gasteiger partial charge in [-0.25, -0.2) is 4.98 Å². The lowest BCUT2D eigenvalue weighted by Crippen LogP contribution is -2.30. The highest BCUT2D eigenvalue weighted by atomic mass is 35.5. The van der Waals surface area contributed by atoms with Crippen molar-refractivity contribution in [2.75, 3.05) is 0 Å². The number of halogens is 1. The zero-order chi connectivity index (χ0) is 12.6. The minimum atomic E-state index is -0.516. The van der Waals surface area contributed by atoms with Crippen molar-refractivity contribution in [2.45, 2.75) is 6.92 Å². The number of rotatable bonds is 1. The third kappa shape index (κ3) is 2.09. The SMILES string of the molecule is CC(=O)NC1=CC(=O)c2ccc(Cl)nc2C1=O. The van der Waals surface area contributed by atoms with Crippen LogP contribution in [0.5, 0.6) is 0 Å². The summed E-state index contributed by atoms with van der Waals surface area (Å²) < 4.78 is 0. The highest BCUT2D eigenvalue weighted by Gasteiger charge is 2.27. The van der Waals surface area contributed by atoms with E-state index in [4.69, 9.17) is 11.6 Å². The number of ketones is 2. The van der Waals surface area contributed by atoms with E-state index in [-0.39, 0.29) is 27.9 Å². The molecule has 0 saturated carbocycles. The Morgan fingerprint density at radius 1 is 1.35 bits per heavy atom. The molecule has 1 heterocycles. The van der Waals surface area contributed by atoms with Crippen molar-refractivity contribution >= 4 is 29.1 Å². The van der Waals surface area contributed by atoms with Crippen LogP contribution >= 0.6 is 11.6 Å². The molecular formula is C11H7ClN2O3. The maximum atomic E-state index is 11.9. The van der Waals surface area contributed by atoms with E-state index in [1.165, 1.54) is 19.1 Å². The summed E-state index contributed by atoms with van der Waals surface area (Å²) in [6.07, 6.45) is 1.08. The van der Waals surface area contributed by atoms with Crippen LogP contribution in [0.15, 0.2) is 23.9 Å². The summed E-state index contributed by atoms with van der Waals surface area (Å²) in [5.74, 6) is -1.33. The van der Waals surface area contributed by atoms with Gasteiger partial charge >= 0.3 is 0 Å². The van der Waals surface area contributed by atoms with Gasteiger partial charge in [0.15, 0.2) is 5.78 Å². The van der Waals surface area contributed by atoms with Crippen molar-refractivity contribution in [3.8, 4) is 0 Å². The Balaban J connectivity index is 2.50. The summed E-state index contributed by atoms with van der Waals surface area (Å²) in [5.41, 5.74) is 0.0759. The molecular weight excluding hydrogens is 244 g/mol. The normalized spacial score (nSPS) is 14.1. The Labute approximate surface area is 101 Å². The molecule has 1 aliphatic rings. The molecule has 2 rings (SSSR count). The van der Waals surface area contributed by atoms with Crippen LogP contribution in [0.1, 0.15) is 27.8 Å². The van der Waals surface area contributed by atoms with E-state index in [0.29, 0.717) is 0 Å². The molecule has 0 aliphatic heterocycles. The molecule has 0 bridgehead atoms. The zero-order valence-corrected chi connectivity index (χ0v) is 9.54. The summed E-state index contributed by atoms with van der Waals surface area (Å²) in [6, 6.07) is 2.87. The van der Waals surface area contributed by atoms with Crippen LogP contribution in [0.2, 0.25) is 5.15 Å². The first-order chi connectivity index (χ1) is 7.99.